The highest BCUT2D eigenvalue weighted by molar-refractivity contribution is 5.75. The lowest BCUT2D eigenvalue weighted by Gasteiger charge is -2.15. The Kier molecular flexibility index (Phi) is 9.66. The predicted molar refractivity (Wildman–Crippen MR) is 118 cm³/mol. The second-order valence-corrected chi connectivity index (χ2v) is 8.17. The zero-order chi connectivity index (χ0) is 23.1. The third-order valence-electron chi connectivity index (χ3n) is 4.81. The normalized spacial score (nSPS) is 13.6. The molecule has 1 aliphatic rings. The van der Waals surface area contributed by atoms with Crippen molar-refractivity contribution in [1.29, 1.82) is 0 Å². The molecule has 1 aliphatic carbocycles. The number of halogens is 4. The van der Waals surface area contributed by atoms with Gasteiger partial charge in [0.15, 0.2) is 17.5 Å². The Hall–Kier alpha value is -2.24. The van der Waals surface area contributed by atoms with Gasteiger partial charge in [-0.2, -0.15) is 0 Å². The Bertz CT molecular complexity index is 830. The van der Waals surface area contributed by atoms with E-state index in [1.807, 2.05) is 13.8 Å². The maximum atomic E-state index is 13.8. The first-order valence-electron chi connectivity index (χ1n) is 10.4. The lowest BCUT2D eigenvalue weighted by molar-refractivity contribution is 0.422. The predicted octanol–water partition coefficient (Wildman–Crippen LogP) is 8.20. The van der Waals surface area contributed by atoms with Gasteiger partial charge >= 0.3 is 0 Å². The molecule has 0 amide bonds. The van der Waals surface area contributed by atoms with Crippen LogP contribution in [0.5, 0.6) is 0 Å². The first-order valence-corrected chi connectivity index (χ1v) is 10.4. The monoisotopic (exact) mass is 426 g/mol. The molecule has 1 fully saturated rings. The van der Waals surface area contributed by atoms with Crippen LogP contribution in [0.15, 0.2) is 24.3 Å². The quantitative estimate of drug-likeness (QED) is 0.372. The van der Waals surface area contributed by atoms with Crippen molar-refractivity contribution in [2.45, 2.75) is 60.8 Å². The van der Waals surface area contributed by atoms with Crippen LogP contribution in [0.25, 0.3) is 0 Å². The number of hydrogen-bond donors (Lipinski definition) is 2. The minimum atomic E-state index is -1.35. The lowest BCUT2D eigenvalue weighted by atomic mass is 9.97. The second kappa shape index (κ2) is 11.2. The topological polar surface area (TPSA) is 24.1 Å². The molecule has 168 valence electrons. The van der Waals surface area contributed by atoms with E-state index >= 15 is 0 Å². The van der Waals surface area contributed by atoms with E-state index in [1.54, 1.807) is 13.0 Å². The van der Waals surface area contributed by atoms with E-state index in [2.05, 4.69) is 31.4 Å². The number of nitrogens with one attached hydrogen (secondary N) is 2. The van der Waals surface area contributed by atoms with Gasteiger partial charge in [-0.3, -0.25) is 0 Å². The van der Waals surface area contributed by atoms with Crippen molar-refractivity contribution in [3.63, 3.8) is 0 Å². The molecule has 0 radical (unpaired) electrons. The maximum Gasteiger partial charge on any atom is 0.184 e. The van der Waals surface area contributed by atoms with Gasteiger partial charge in [0, 0.05) is 13.1 Å². The molecule has 0 spiro atoms. The van der Waals surface area contributed by atoms with Gasteiger partial charge in [-0.25, -0.2) is 17.6 Å². The van der Waals surface area contributed by atoms with Gasteiger partial charge in [0.1, 0.15) is 11.5 Å². The van der Waals surface area contributed by atoms with E-state index in [4.69, 9.17) is 0 Å². The van der Waals surface area contributed by atoms with Gasteiger partial charge in [-0.15, -0.1) is 0 Å². The Morgan fingerprint density at radius 1 is 0.933 bits per heavy atom. The Morgan fingerprint density at radius 3 is 1.97 bits per heavy atom. The second-order valence-electron chi connectivity index (χ2n) is 8.17. The molecule has 30 heavy (non-hydrogen) atoms. The maximum absolute atomic E-state index is 13.8. The molecule has 0 atom stereocenters. The van der Waals surface area contributed by atoms with Crippen LogP contribution < -0.4 is 10.6 Å². The van der Waals surface area contributed by atoms with Gasteiger partial charge in [-0.05, 0) is 55.2 Å². The van der Waals surface area contributed by atoms with Gasteiger partial charge in [-0.1, -0.05) is 40.7 Å². The lowest BCUT2D eigenvalue weighted by Crippen LogP contribution is -2.05. The highest BCUT2D eigenvalue weighted by atomic mass is 19.2. The molecule has 0 aliphatic heterocycles. The third kappa shape index (κ3) is 7.22. The molecule has 0 heterocycles. The summed E-state index contributed by atoms with van der Waals surface area (Å²) >= 11 is 0. The summed E-state index contributed by atoms with van der Waals surface area (Å²) in [6.45, 7) is 12.7. The van der Waals surface area contributed by atoms with Crippen LogP contribution in [-0.2, 0) is 0 Å². The molecule has 0 unspecified atom stereocenters. The summed E-state index contributed by atoms with van der Waals surface area (Å²) in [4.78, 5) is 0. The summed E-state index contributed by atoms with van der Waals surface area (Å²) in [7, 11) is 1.35. The third-order valence-corrected chi connectivity index (χ3v) is 4.81. The van der Waals surface area contributed by atoms with Crippen LogP contribution in [0.4, 0.5) is 34.6 Å². The van der Waals surface area contributed by atoms with Crippen LogP contribution in [0.2, 0.25) is 0 Å². The van der Waals surface area contributed by atoms with Crippen LogP contribution in [0, 0.1) is 41.5 Å². The van der Waals surface area contributed by atoms with Crippen molar-refractivity contribution in [2.24, 2.45) is 11.3 Å². The average molecular weight is 427 g/mol. The van der Waals surface area contributed by atoms with Gasteiger partial charge in [0.2, 0.25) is 0 Å². The first kappa shape index (κ1) is 25.8. The molecule has 2 N–H and O–H groups in total. The molecule has 2 aromatic carbocycles. The van der Waals surface area contributed by atoms with E-state index in [0.29, 0.717) is 11.6 Å². The largest absolute Gasteiger partial charge is 0.384 e. The van der Waals surface area contributed by atoms with Crippen molar-refractivity contribution in [3.05, 3.63) is 53.1 Å². The van der Waals surface area contributed by atoms with Crippen LogP contribution in [-0.4, -0.2) is 7.05 Å². The molecule has 3 rings (SSSR count). The SMILES string of the molecule is CC.CC(C)CC1(C)CC1.CNc1c(F)cc(F)c(F)c1Nc1ccc(C)cc1F. The van der Waals surface area contributed by atoms with Crippen LogP contribution in [0.3, 0.4) is 0 Å². The van der Waals surface area contributed by atoms with E-state index in [0.717, 1.165) is 11.3 Å². The number of anilines is 3. The van der Waals surface area contributed by atoms with Crippen molar-refractivity contribution in [1.82, 2.24) is 0 Å². The smallest absolute Gasteiger partial charge is 0.184 e. The summed E-state index contributed by atoms with van der Waals surface area (Å²) in [5.41, 5.74) is 0.620. The highest BCUT2D eigenvalue weighted by Crippen LogP contribution is 2.49. The fourth-order valence-corrected chi connectivity index (χ4v) is 3.22. The van der Waals surface area contributed by atoms with Gasteiger partial charge in [0.25, 0.3) is 0 Å². The number of benzene rings is 2. The van der Waals surface area contributed by atoms with Crippen molar-refractivity contribution >= 4 is 17.1 Å². The summed E-state index contributed by atoms with van der Waals surface area (Å²) < 4.78 is 54.3. The van der Waals surface area contributed by atoms with Crippen molar-refractivity contribution in [3.8, 4) is 0 Å². The fourth-order valence-electron chi connectivity index (χ4n) is 3.22. The minimum absolute atomic E-state index is 0.0731. The van der Waals surface area contributed by atoms with E-state index in [1.165, 1.54) is 38.4 Å². The van der Waals surface area contributed by atoms with Gasteiger partial charge in [0.05, 0.1) is 11.4 Å². The molecule has 2 aromatic rings. The molecule has 2 nitrogen and oxygen atoms in total. The molecule has 6 heteroatoms. The minimum Gasteiger partial charge on any atom is -0.384 e. The number of hydrogen-bond acceptors (Lipinski definition) is 2. The summed E-state index contributed by atoms with van der Waals surface area (Å²) in [5.74, 6) is -3.34. The standard InChI is InChI=1S/C14H12F4N2.C8H16.C2H6/c1-7-3-4-11(8(15)5-7)20-14-12(18)9(16)6-10(17)13(14)19-2;1-7(2)6-8(3)4-5-8;1-2/h3-6,19-20H,1-2H3;7H,4-6H2,1-3H3;1-2H3. The van der Waals surface area contributed by atoms with Crippen molar-refractivity contribution in [2.75, 3.05) is 17.7 Å². The van der Waals surface area contributed by atoms with Crippen molar-refractivity contribution < 1.29 is 17.6 Å². The molecule has 0 saturated heterocycles. The van der Waals surface area contributed by atoms with Crippen LogP contribution >= 0.6 is 0 Å². The van der Waals surface area contributed by atoms with E-state index in [-0.39, 0.29) is 11.4 Å². The Balaban J connectivity index is 0.000000375. The summed E-state index contributed by atoms with van der Waals surface area (Å²) in [5, 5.41) is 4.79. The highest BCUT2D eigenvalue weighted by Gasteiger charge is 2.37. The number of aryl methyl sites for hydroxylation is 1. The summed E-state index contributed by atoms with van der Waals surface area (Å²) in [6, 6.07) is 4.62. The Morgan fingerprint density at radius 2 is 1.53 bits per heavy atom. The van der Waals surface area contributed by atoms with Gasteiger partial charge < -0.3 is 10.6 Å². The number of rotatable bonds is 5. The zero-order valence-corrected chi connectivity index (χ0v) is 19.0. The summed E-state index contributed by atoms with van der Waals surface area (Å²) in [6.07, 6.45) is 4.39. The molecular formula is C24H34F4N2. The first-order chi connectivity index (χ1) is 14.1. The molecule has 1 saturated carbocycles. The van der Waals surface area contributed by atoms with E-state index < -0.39 is 29.0 Å². The fraction of sp³-hybridized carbons (Fsp3) is 0.500. The zero-order valence-electron chi connectivity index (χ0n) is 19.0. The molecule has 0 aromatic heterocycles. The average Bonchev–Trinajstić information content (AvgIpc) is 3.39. The van der Waals surface area contributed by atoms with Crippen LogP contribution in [0.1, 0.15) is 59.4 Å². The molecule has 0 bridgehead atoms. The van der Waals surface area contributed by atoms with E-state index in [9.17, 15) is 17.6 Å². The molecular weight excluding hydrogens is 392 g/mol. The Labute approximate surface area is 178 Å².